The minimum atomic E-state index is -0.255. The maximum atomic E-state index is 12.2. The zero-order valence-electron chi connectivity index (χ0n) is 15.8. The van der Waals surface area contributed by atoms with Crippen molar-refractivity contribution in [1.82, 2.24) is 16.0 Å². The van der Waals surface area contributed by atoms with E-state index in [-0.39, 0.29) is 35.4 Å². The Morgan fingerprint density at radius 1 is 1.24 bits per heavy atom. The second-order valence-corrected chi connectivity index (χ2v) is 6.52. The second kappa shape index (κ2) is 12.1. The van der Waals surface area contributed by atoms with Crippen LogP contribution >= 0.6 is 24.0 Å². The van der Waals surface area contributed by atoms with Crippen molar-refractivity contribution < 1.29 is 9.53 Å². The molecule has 0 bridgehead atoms. The molecule has 0 aliphatic rings. The van der Waals surface area contributed by atoms with Gasteiger partial charge in [0.25, 0.3) is 5.91 Å². The molecule has 0 aliphatic heterocycles. The van der Waals surface area contributed by atoms with Crippen molar-refractivity contribution in [3.8, 4) is 0 Å². The molecule has 0 fully saturated rings. The van der Waals surface area contributed by atoms with E-state index in [1.54, 1.807) is 7.11 Å². The molecule has 3 N–H and O–H groups in total. The molecule has 0 heterocycles. The number of aliphatic imine (C=N–C) groups is 1. The van der Waals surface area contributed by atoms with Crippen molar-refractivity contribution in [1.29, 1.82) is 0 Å². The van der Waals surface area contributed by atoms with Crippen molar-refractivity contribution in [2.45, 2.75) is 39.8 Å². The Labute approximate surface area is 168 Å². The normalized spacial score (nSPS) is 11.5. The number of nitrogens with one attached hydrogen (secondary N) is 3. The van der Waals surface area contributed by atoms with Crippen LogP contribution in [0.2, 0.25) is 0 Å². The number of hydrogen-bond donors (Lipinski definition) is 3. The monoisotopic (exact) mass is 462 g/mol. The summed E-state index contributed by atoms with van der Waals surface area (Å²) in [7, 11) is 1.67. The first-order chi connectivity index (χ1) is 11.4. The lowest BCUT2D eigenvalue weighted by Gasteiger charge is -2.20. The van der Waals surface area contributed by atoms with Gasteiger partial charge in [-0.15, -0.1) is 24.0 Å². The summed E-state index contributed by atoms with van der Waals surface area (Å²) < 4.78 is 5.03. The average Bonchev–Trinajstić information content (AvgIpc) is 2.51. The largest absolute Gasteiger partial charge is 0.383 e. The van der Waals surface area contributed by atoms with Crippen LogP contribution in [-0.4, -0.2) is 44.2 Å². The maximum Gasteiger partial charge on any atom is 0.251 e. The summed E-state index contributed by atoms with van der Waals surface area (Å²) in [5, 5.41) is 9.35. The first-order valence-electron chi connectivity index (χ1n) is 8.28. The van der Waals surface area contributed by atoms with Crippen molar-refractivity contribution in [3.05, 3.63) is 35.4 Å². The molecule has 6 nitrogen and oxygen atoms in total. The van der Waals surface area contributed by atoms with Gasteiger partial charge in [0.15, 0.2) is 5.96 Å². The molecule has 1 aromatic carbocycles. The van der Waals surface area contributed by atoms with E-state index in [1.807, 2.05) is 52.0 Å². The number of benzene rings is 1. The van der Waals surface area contributed by atoms with E-state index in [4.69, 9.17) is 4.74 Å². The minimum absolute atomic E-state index is 0. The van der Waals surface area contributed by atoms with E-state index in [0.29, 0.717) is 25.3 Å². The first-order valence-corrected chi connectivity index (χ1v) is 8.28. The van der Waals surface area contributed by atoms with Gasteiger partial charge in [-0.05, 0) is 45.4 Å². The highest BCUT2D eigenvalue weighted by atomic mass is 127. The van der Waals surface area contributed by atoms with Gasteiger partial charge in [0, 0.05) is 31.3 Å². The fourth-order valence-corrected chi connectivity index (χ4v) is 2.01. The van der Waals surface area contributed by atoms with E-state index in [9.17, 15) is 4.79 Å². The van der Waals surface area contributed by atoms with Gasteiger partial charge < -0.3 is 20.7 Å². The third-order valence-electron chi connectivity index (χ3n) is 3.04. The number of halogens is 1. The Hall–Kier alpha value is -1.35. The summed E-state index contributed by atoms with van der Waals surface area (Å²) in [6.45, 7) is 10.5. The van der Waals surface area contributed by atoms with Crippen LogP contribution in [0.4, 0.5) is 0 Å². The van der Waals surface area contributed by atoms with Gasteiger partial charge in [-0.1, -0.05) is 12.1 Å². The average molecular weight is 462 g/mol. The molecule has 0 aromatic heterocycles. The molecule has 0 unspecified atom stereocenters. The molecule has 7 heteroatoms. The molecule has 0 radical (unpaired) electrons. The number of methoxy groups -OCH3 is 1. The quantitative estimate of drug-likeness (QED) is 0.252. The number of ether oxygens (including phenoxy) is 1. The van der Waals surface area contributed by atoms with E-state index in [2.05, 4.69) is 20.9 Å². The Morgan fingerprint density at radius 3 is 2.56 bits per heavy atom. The third-order valence-corrected chi connectivity index (χ3v) is 3.04. The molecular weight excluding hydrogens is 431 g/mol. The molecule has 0 atom stereocenters. The highest BCUT2D eigenvalue weighted by molar-refractivity contribution is 14.0. The molecule has 1 amide bonds. The van der Waals surface area contributed by atoms with Crippen LogP contribution in [0.5, 0.6) is 0 Å². The van der Waals surface area contributed by atoms with Gasteiger partial charge in [0.2, 0.25) is 0 Å². The molecule has 1 aromatic rings. The molecule has 0 spiro atoms. The van der Waals surface area contributed by atoms with Crippen LogP contribution in [0.3, 0.4) is 0 Å². The van der Waals surface area contributed by atoms with Crippen LogP contribution < -0.4 is 16.0 Å². The van der Waals surface area contributed by atoms with Crippen molar-refractivity contribution >= 4 is 35.8 Å². The van der Waals surface area contributed by atoms with Crippen LogP contribution in [0.1, 0.15) is 43.6 Å². The first kappa shape index (κ1) is 23.6. The maximum absolute atomic E-state index is 12.2. The fraction of sp³-hybridized carbons (Fsp3) is 0.556. The van der Waals surface area contributed by atoms with Crippen LogP contribution in [0.25, 0.3) is 0 Å². The van der Waals surface area contributed by atoms with Crippen LogP contribution in [0.15, 0.2) is 29.3 Å². The van der Waals surface area contributed by atoms with Gasteiger partial charge in [-0.2, -0.15) is 0 Å². The lowest BCUT2D eigenvalue weighted by atomic mass is 10.1. The van der Waals surface area contributed by atoms with Crippen LogP contribution in [0, 0.1) is 0 Å². The summed E-state index contributed by atoms with van der Waals surface area (Å²) >= 11 is 0. The lowest BCUT2D eigenvalue weighted by molar-refractivity contribution is 0.0919. The summed E-state index contributed by atoms with van der Waals surface area (Å²) in [6.07, 6.45) is 0. The van der Waals surface area contributed by atoms with Gasteiger partial charge in [-0.25, -0.2) is 4.99 Å². The van der Waals surface area contributed by atoms with Crippen molar-refractivity contribution in [2.24, 2.45) is 4.99 Å². The number of rotatable bonds is 7. The summed E-state index contributed by atoms with van der Waals surface area (Å²) in [6, 6.07) is 7.55. The number of nitrogens with zero attached hydrogens (tertiary/aromatic N) is 1. The smallest absolute Gasteiger partial charge is 0.251 e. The highest BCUT2D eigenvalue weighted by Crippen LogP contribution is 2.09. The Kier molecular flexibility index (Phi) is 11.4. The van der Waals surface area contributed by atoms with Crippen molar-refractivity contribution in [2.75, 3.05) is 26.8 Å². The Balaban J connectivity index is 0.00000576. The lowest BCUT2D eigenvalue weighted by Crippen LogP contribution is -2.40. The molecule has 0 aliphatic carbocycles. The van der Waals surface area contributed by atoms with Gasteiger partial charge in [0.05, 0.1) is 13.2 Å². The number of amides is 1. The topological polar surface area (TPSA) is 74.8 Å². The predicted octanol–water partition coefficient (Wildman–Crippen LogP) is 2.53. The summed E-state index contributed by atoms with van der Waals surface area (Å²) in [5.41, 5.74) is 1.38. The fourth-order valence-electron chi connectivity index (χ4n) is 2.01. The third kappa shape index (κ3) is 10.3. The van der Waals surface area contributed by atoms with E-state index < -0.39 is 0 Å². The highest BCUT2D eigenvalue weighted by Gasteiger charge is 2.15. The van der Waals surface area contributed by atoms with Gasteiger partial charge in [0.1, 0.15) is 0 Å². The number of hydrogen-bond acceptors (Lipinski definition) is 3. The molecule has 142 valence electrons. The molecule has 0 saturated heterocycles. The zero-order valence-corrected chi connectivity index (χ0v) is 18.1. The second-order valence-electron chi connectivity index (χ2n) is 6.52. The Morgan fingerprint density at radius 2 is 1.96 bits per heavy atom. The molecule has 25 heavy (non-hydrogen) atoms. The summed E-state index contributed by atoms with van der Waals surface area (Å²) in [5.74, 6) is 0.664. The zero-order chi connectivity index (χ0) is 18.0. The molecular formula is C18H31IN4O2. The number of guanidine groups is 1. The van der Waals surface area contributed by atoms with Crippen LogP contribution in [-0.2, 0) is 11.3 Å². The number of carbonyl (C=O) groups excluding carboxylic acids is 1. The van der Waals surface area contributed by atoms with E-state index >= 15 is 0 Å². The predicted molar refractivity (Wildman–Crippen MR) is 114 cm³/mol. The standard InChI is InChI=1S/C18H30N4O2.HI/c1-6-19-17(20-10-11-24-5)21-13-14-8-7-9-15(12-14)16(23)22-18(2,3)4;/h7-9,12H,6,10-11,13H2,1-5H3,(H,22,23)(H2,19,20,21);1H. The molecule has 0 saturated carbocycles. The van der Waals surface area contributed by atoms with Gasteiger partial charge in [-0.3, -0.25) is 4.79 Å². The van der Waals surface area contributed by atoms with Gasteiger partial charge >= 0.3 is 0 Å². The van der Waals surface area contributed by atoms with Crippen molar-refractivity contribution in [3.63, 3.8) is 0 Å². The van der Waals surface area contributed by atoms with E-state index in [0.717, 1.165) is 18.1 Å². The SMILES string of the molecule is CCNC(=NCc1cccc(C(=O)NC(C)(C)C)c1)NCCOC.I. The molecule has 1 rings (SSSR count). The van der Waals surface area contributed by atoms with E-state index in [1.165, 1.54) is 0 Å². The Bertz CT molecular complexity index is 556. The minimum Gasteiger partial charge on any atom is -0.383 e. The number of carbonyl (C=O) groups is 1. The summed E-state index contributed by atoms with van der Waals surface area (Å²) in [4.78, 5) is 16.8.